The predicted octanol–water partition coefficient (Wildman–Crippen LogP) is 4.85. The fraction of sp³-hybridized carbons (Fsp3) is 0.400. The molecule has 2 aromatic rings. The van der Waals surface area contributed by atoms with Crippen LogP contribution in [-0.2, 0) is 4.79 Å². The van der Waals surface area contributed by atoms with Crippen LogP contribution in [0.15, 0.2) is 24.3 Å². The molecule has 2 rings (SSSR count). The molecule has 0 unspecified atom stereocenters. The number of aryl methyl sites for hydroxylation is 2. The van der Waals surface area contributed by atoms with E-state index in [1.807, 2.05) is 32.0 Å². The minimum atomic E-state index is -0.213. The van der Waals surface area contributed by atoms with Crippen LogP contribution in [0.2, 0.25) is 0 Å². The highest BCUT2D eigenvalue weighted by Gasteiger charge is 2.07. The molecule has 0 aliphatic carbocycles. The number of aromatic nitrogens is 1. The molecule has 0 radical (unpaired) electrons. The van der Waals surface area contributed by atoms with Crippen molar-refractivity contribution in [3.8, 4) is 11.5 Å². The Labute approximate surface area is 159 Å². The summed E-state index contributed by atoms with van der Waals surface area (Å²) in [5.74, 6) is 1.74. The van der Waals surface area contributed by atoms with E-state index in [1.54, 1.807) is 13.2 Å². The number of anilines is 1. The molecule has 0 spiro atoms. The molecule has 5 nitrogen and oxygen atoms in total. The Hall–Kier alpha value is -2.34. The van der Waals surface area contributed by atoms with E-state index in [0.717, 1.165) is 22.6 Å². The fourth-order valence-corrected chi connectivity index (χ4v) is 2.97. The van der Waals surface area contributed by atoms with Crippen LogP contribution in [-0.4, -0.2) is 24.6 Å². The highest BCUT2D eigenvalue weighted by atomic mass is 32.1. The van der Waals surface area contributed by atoms with Crippen LogP contribution < -0.4 is 14.8 Å². The van der Waals surface area contributed by atoms with E-state index in [1.165, 1.54) is 17.4 Å². The summed E-state index contributed by atoms with van der Waals surface area (Å²) in [5, 5.41) is 3.39. The zero-order valence-corrected chi connectivity index (χ0v) is 16.8. The molecule has 0 aliphatic heterocycles. The Balaban J connectivity index is 1.99. The molecule has 26 heavy (non-hydrogen) atoms. The number of hydrogen-bond donors (Lipinski definition) is 1. The third-order valence-electron chi connectivity index (χ3n) is 3.83. The first-order chi connectivity index (χ1) is 12.4. The van der Waals surface area contributed by atoms with Gasteiger partial charge in [-0.25, -0.2) is 4.98 Å². The third kappa shape index (κ3) is 5.88. The maximum atomic E-state index is 12.0. The van der Waals surface area contributed by atoms with Gasteiger partial charge >= 0.3 is 0 Å². The minimum Gasteiger partial charge on any atom is -0.493 e. The van der Waals surface area contributed by atoms with E-state index in [9.17, 15) is 4.79 Å². The summed E-state index contributed by atoms with van der Waals surface area (Å²) >= 11 is 1.47. The summed E-state index contributed by atoms with van der Waals surface area (Å²) in [6.45, 7) is 8.88. The number of methoxy groups -OCH3 is 1. The van der Waals surface area contributed by atoms with Crippen molar-refractivity contribution in [2.45, 2.75) is 34.1 Å². The van der Waals surface area contributed by atoms with E-state index in [2.05, 4.69) is 24.1 Å². The Morgan fingerprint density at radius 2 is 2.08 bits per heavy atom. The highest BCUT2D eigenvalue weighted by Crippen LogP contribution is 2.29. The molecule has 1 heterocycles. The molecule has 1 amide bonds. The number of carbonyl (C=O) groups excluding carboxylic acids is 1. The molecular formula is C20H26N2O3S. The molecule has 1 aromatic heterocycles. The first-order valence-electron chi connectivity index (χ1n) is 8.63. The third-order valence-corrected chi connectivity index (χ3v) is 4.81. The lowest BCUT2D eigenvalue weighted by Gasteiger charge is -2.12. The summed E-state index contributed by atoms with van der Waals surface area (Å²) in [5.41, 5.74) is 1.80. The van der Waals surface area contributed by atoms with Gasteiger partial charge in [-0.2, -0.15) is 0 Å². The molecular weight excluding hydrogens is 348 g/mol. The maximum Gasteiger partial charge on any atom is 0.250 e. The largest absolute Gasteiger partial charge is 0.493 e. The summed E-state index contributed by atoms with van der Waals surface area (Å²) in [7, 11) is 1.61. The van der Waals surface area contributed by atoms with Crippen molar-refractivity contribution in [2.24, 2.45) is 5.92 Å². The van der Waals surface area contributed by atoms with Gasteiger partial charge in [-0.1, -0.05) is 19.9 Å². The van der Waals surface area contributed by atoms with E-state index in [4.69, 9.17) is 9.47 Å². The quantitative estimate of drug-likeness (QED) is 0.671. The number of hydrogen-bond acceptors (Lipinski definition) is 5. The average molecular weight is 375 g/mol. The molecule has 0 saturated heterocycles. The van der Waals surface area contributed by atoms with Gasteiger partial charge in [0.2, 0.25) is 5.91 Å². The smallest absolute Gasteiger partial charge is 0.250 e. The summed E-state index contributed by atoms with van der Waals surface area (Å²) in [6.07, 6.45) is 4.21. The van der Waals surface area contributed by atoms with Crippen LogP contribution in [0.1, 0.15) is 36.4 Å². The molecule has 0 bridgehead atoms. The predicted molar refractivity (Wildman–Crippen MR) is 107 cm³/mol. The second-order valence-electron chi connectivity index (χ2n) is 6.42. The van der Waals surface area contributed by atoms with Gasteiger partial charge in [0.05, 0.1) is 19.4 Å². The number of amides is 1. The van der Waals surface area contributed by atoms with Gasteiger partial charge in [-0.15, -0.1) is 11.3 Å². The van der Waals surface area contributed by atoms with Crippen molar-refractivity contribution in [2.75, 3.05) is 19.0 Å². The number of carbonyl (C=O) groups is 1. The van der Waals surface area contributed by atoms with E-state index < -0.39 is 0 Å². The molecule has 0 aliphatic rings. The number of ether oxygens (including phenoxy) is 2. The van der Waals surface area contributed by atoms with Crippen molar-refractivity contribution in [1.82, 2.24) is 4.98 Å². The summed E-state index contributed by atoms with van der Waals surface area (Å²) in [6, 6.07) is 5.62. The number of nitrogens with one attached hydrogen (secondary N) is 1. The van der Waals surface area contributed by atoms with Crippen LogP contribution >= 0.6 is 11.3 Å². The van der Waals surface area contributed by atoms with E-state index >= 15 is 0 Å². The summed E-state index contributed by atoms with van der Waals surface area (Å²) in [4.78, 5) is 17.4. The monoisotopic (exact) mass is 374 g/mol. The SMILES string of the molecule is COc1cc(/C=C/C(=O)Nc2nc(C)c(C)s2)ccc1OCCC(C)C. The maximum absolute atomic E-state index is 12.0. The lowest BCUT2D eigenvalue weighted by molar-refractivity contribution is -0.111. The van der Waals surface area contributed by atoms with Crippen molar-refractivity contribution < 1.29 is 14.3 Å². The van der Waals surface area contributed by atoms with Gasteiger partial charge in [-0.05, 0) is 50.0 Å². The molecule has 6 heteroatoms. The number of nitrogens with zero attached hydrogens (tertiary/aromatic N) is 1. The Bertz CT molecular complexity index is 762. The zero-order chi connectivity index (χ0) is 19.1. The van der Waals surface area contributed by atoms with Crippen molar-refractivity contribution in [3.05, 3.63) is 40.4 Å². The van der Waals surface area contributed by atoms with Gasteiger partial charge < -0.3 is 9.47 Å². The second-order valence-corrected chi connectivity index (χ2v) is 7.63. The lowest BCUT2D eigenvalue weighted by Crippen LogP contribution is -2.07. The fourth-order valence-electron chi connectivity index (χ4n) is 2.16. The second kappa shape index (κ2) is 9.38. The van der Waals surface area contributed by atoms with Crippen LogP contribution in [0, 0.1) is 19.8 Å². The van der Waals surface area contributed by atoms with Crippen molar-refractivity contribution in [1.29, 1.82) is 0 Å². The summed E-state index contributed by atoms with van der Waals surface area (Å²) < 4.78 is 11.2. The van der Waals surface area contributed by atoms with Crippen LogP contribution in [0.3, 0.4) is 0 Å². The minimum absolute atomic E-state index is 0.213. The Kier molecular flexibility index (Phi) is 7.21. The average Bonchev–Trinajstić information content (AvgIpc) is 2.90. The van der Waals surface area contributed by atoms with Crippen LogP contribution in [0.4, 0.5) is 5.13 Å². The molecule has 1 N–H and O–H groups in total. The number of thiazole rings is 1. The number of rotatable bonds is 8. The van der Waals surface area contributed by atoms with Crippen LogP contribution in [0.5, 0.6) is 11.5 Å². The van der Waals surface area contributed by atoms with Gasteiger partial charge in [0.25, 0.3) is 0 Å². The van der Waals surface area contributed by atoms with Gasteiger partial charge in [0.1, 0.15) is 0 Å². The first kappa shape index (κ1) is 20.0. The van der Waals surface area contributed by atoms with Gasteiger partial charge in [0, 0.05) is 11.0 Å². The molecule has 140 valence electrons. The molecule has 0 saturated carbocycles. The van der Waals surface area contributed by atoms with Gasteiger partial charge in [0.15, 0.2) is 16.6 Å². The normalized spacial score (nSPS) is 11.2. The molecule has 0 fully saturated rings. The van der Waals surface area contributed by atoms with Crippen molar-refractivity contribution >= 4 is 28.5 Å². The van der Waals surface area contributed by atoms with Gasteiger partial charge in [-0.3, -0.25) is 10.1 Å². The number of benzene rings is 1. The molecule has 0 atom stereocenters. The highest BCUT2D eigenvalue weighted by molar-refractivity contribution is 7.15. The van der Waals surface area contributed by atoms with E-state index in [-0.39, 0.29) is 5.91 Å². The Morgan fingerprint density at radius 1 is 1.31 bits per heavy atom. The Morgan fingerprint density at radius 3 is 2.69 bits per heavy atom. The molecule has 1 aromatic carbocycles. The first-order valence-corrected chi connectivity index (χ1v) is 9.44. The van der Waals surface area contributed by atoms with E-state index in [0.29, 0.717) is 29.2 Å². The van der Waals surface area contributed by atoms with Crippen LogP contribution in [0.25, 0.3) is 6.08 Å². The topological polar surface area (TPSA) is 60.5 Å². The zero-order valence-electron chi connectivity index (χ0n) is 16.0. The standard InChI is InChI=1S/C20H26N2O3S/c1-13(2)10-11-25-17-8-6-16(12-18(17)24-5)7-9-19(23)22-20-21-14(3)15(4)26-20/h6-9,12-13H,10-11H2,1-5H3,(H,21,22,23)/b9-7+. The van der Waals surface area contributed by atoms with Crippen molar-refractivity contribution in [3.63, 3.8) is 0 Å². The lowest BCUT2D eigenvalue weighted by atomic mass is 10.1.